The number of aromatic nitrogens is 2. The van der Waals surface area contributed by atoms with Gasteiger partial charge in [0, 0.05) is 41.9 Å². The van der Waals surface area contributed by atoms with Crippen molar-refractivity contribution in [3.63, 3.8) is 0 Å². The highest BCUT2D eigenvalue weighted by Gasteiger charge is 2.41. The van der Waals surface area contributed by atoms with Crippen LogP contribution in [0.2, 0.25) is 0 Å². The van der Waals surface area contributed by atoms with Gasteiger partial charge in [-0.15, -0.1) is 0 Å². The van der Waals surface area contributed by atoms with E-state index in [9.17, 15) is 13.2 Å². The molecule has 1 saturated heterocycles. The maximum atomic E-state index is 13.6. The lowest BCUT2D eigenvalue weighted by Crippen LogP contribution is -2.34. The second-order valence-electron chi connectivity index (χ2n) is 9.70. The summed E-state index contributed by atoms with van der Waals surface area (Å²) in [5, 5.41) is 1.04. The van der Waals surface area contributed by atoms with Crippen LogP contribution in [0.4, 0.5) is 0 Å². The first-order valence-electron chi connectivity index (χ1n) is 12.9. The van der Waals surface area contributed by atoms with E-state index in [1.165, 1.54) is 15.7 Å². The lowest BCUT2D eigenvalue weighted by Gasteiger charge is -2.35. The van der Waals surface area contributed by atoms with Gasteiger partial charge in [-0.25, -0.2) is 22.2 Å². The van der Waals surface area contributed by atoms with E-state index in [-0.39, 0.29) is 23.5 Å². The van der Waals surface area contributed by atoms with Gasteiger partial charge in [-0.2, -0.15) is 0 Å². The average molecular weight is 556 g/mol. The Hall–Kier alpha value is -2.73. The summed E-state index contributed by atoms with van der Waals surface area (Å²) in [5.41, 5.74) is 2.14. The fourth-order valence-corrected chi connectivity index (χ4v) is 7.81. The molecule has 9 nitrogen and oxygen atoms in total. The van der Waals surface area contributed by atoms with Gasteiger partial charge >= 0.3 is 5.97 Å². The molecule has 1 unspecified atom stereocenters. The Balaban J connectivity index is 1.40. The molecule has 2 fully saturated rings. The van der Waals surface area contributed by atoms with E-state index in [0.29, 0.717) is 29.7 Å². The molecule has 0 N–H and O–H groups in total. The summed E-state index contributed by atoms with van der Waals surface area (Å²) in [6.07, 6.45) is 6.84. The van der Waals surface area contributed by atoms with Crippen molar-refractivity contribution in [2.45, 2.75) is 55.2 Å². The molecule has 0 bridgehead atoms. The molecule has 3 aromatic rings. The SMILES string of the molecule is CCOC(=O)C1=NC(c2cn(S(=O)(=O)c3ccccc3)c3ncc(C4CCC5(CC4)OCCO5)cc23)CS1. The van der Waals surface area contributed by atoms with Crippen molar-refractivity contribution in [2.24, 2.45) is 4.99 Å². The number of benzene rings is 1. The van der Waals surface area contributed by atoms with E-state index < -0.39 is 21.8 Å². The summed E-state index contributed by atoms with van der Waals surface area (Å²) in [6, 6.07) is 9.98. The molecule has 1 saturated carbocycles. The van der Waals surface area contributed by atoms with E-state index in [1.807, 2.05) is 0 Å². The quantitative estimate of drug-likeness (QED) is 0.411. The summed E-state index contributed by atoms with van der Waals surface area (Å²) in [4.78, 5) is 21.8. The number of nitrogens with zero attached hydrogens (tertiary/aromatic N) is 3. The fourth-order valence-electron chi connectivity index (χ4n) is 5.51. The highest BCUT2D eigenvalue weighted by atomic mass is 32.2. The van der Waals surface area contributed by atoms with Crippen LogP contribution in [-0.2, 0) is 29.0 Å². The second kappa shape index (κ2) is 10.1. The number of pyridine rings is 1. The summed E-state index contributed by atoms with van der Waals surface area (Å²) in [7, 11) is -3.89. The van der Waals surface area contributed by atoms with Gasteiger partial charge in [0.15, 0.2) is 16.5 Å². The predicted molar refractivity (Wildman–Crippen MR) is 144 cm³/mol. The summed E-state index contributed by atoms with van der Waals surface area (Å²) < 4.78 is 45.4. The number of fused-ring (bicyclic) bond motifs is 1. The van der Waals surface area contributed by atoms with Gasteiger partial charge in [0.25, 0.3) is 10.0 Å². The first-order chi connectivity index (χ1) is 18.4. The Labute approximate surface area is 225 Å². The molecule has 0 amide bonds. The third kappa shape index (κ3) is 4.55. The van der Waals surface area contributed by atoms with Crippen LogP contribution in [0.25, 0.3) is 11.0 Å². The predicted octanol–water partition coefficient (Wildman–Crippen LogP) is 4.42. The molecule has 200 valence electrons. The molecule has 2 aliphatic heterocycles. The molecule has 2 aromatic heterocycles. The normalized spacial score (nSPS) is 21.7. The second-order valence-corrected chi connectivity index (χ2v) is 12.5. The number of ether oxygens (including phenoxy) is 3. The molecule has 1 atom stereocenters. The molecule has 1 aliphatic carbocycles. The van der Waals surface area contributed by atoms with Crippen LogP contribution >= 0.6 is 11.8 Å². The van der Waals surface area contributed by atoms with Crippen molar-refractivity contribution >= 4 is 43.8 Å². The van der Waals surface area contributed by atoms with Crippen LogP contribution in [0.3, 0.4) is 0 Å². The smallest absolute Gasteiger partial charge is 0.363 e. The van der Waals surface area contributed by atoms with Crippen LogP contribution in [-0.4, -0.2) is 59.7 Å². The molecule has 4 heterocycles. The zero-order valence-corrected chi connectivity index (χ0v) is 22.7. The van der Waals surface area contributed by atoms with Crippen molar-refractivity contribution in [3.8, 4) is 0 Å². The molecule has 1 spiro atoms. The van der Waals surface area contributed by atoms with E-state index in [2.05, 4.69) is 16.0 Å². The first kappa shape index (κ1) is 25.5. The molecule has 1 aromatic carbocycles. The van der Waals surface area contributed by atoms with E-state index in [0.717, 1.165) is 42.2 Å². The number of carbonyl (C=O) groups is 1. The zero-order valence-electron chi connectivity index (χ0n) is 21.0. The van der Waals surface area contributed by atoms with Gasteiger partial charge < -0.3 is 14.2 Å². The Morgan fingerprint density at radius 3 is 2.63 bits per heavy atom. The van der Waals surface area contributed by atoms with Crippen LogP contribution in [0.15, 0.2) is 58.7 Å². The average Bonchev–Trinajstić information content (AvgIpc) is 3.69. The number of rotatable bonds is 6. The standard InChI is InChI=1S/C27H29N3O6S2/c1-2-34-26(31)25-29-23(17-37-25)22-16-30(38(32,33)20-6-4-3-5-7-20)24-21(22)14-19(15-28-24)18-8-10-27(11-9-18)35-12-13-36-27/h3-7,14-16,18,23H,2,8-13,17H2,1H3. The topological polar surface area (TPSA) is 109 Å². The lowest BCUT2D eigenvalue weighted by molar-refractivity contribution is -0.178. The minimum Gasteiger partial charge on any atom is -0.461 e. The molecule has 38 heavy (non-hydrogen) atoms. The summed E-state index contributed by atoms with van der Waals surface area (Å²) >= 11 is 1.33. The van der Waals surface area contributed by atoms with Gasteiger partial charge in [-0.1, -0.05) is 30.0 Å². The molecule has 0 radical (unpaired) electrons. The lowest BCUT2D eigenvalue weighted by atomic mass is 9.81. The Bertz CT molecular complexity index is 1490. The van der Waals surface area contributed by atoms with Gasteiger partial charge in [0.1, 0.15) is 0 Å². The molecule has 3 aliphatic rings. The Morgan fingerprint density at radius 2 is 1.92 bits per heavy atom. The van der Waals surface area contributed by atoms with Gasteiger partial charge in [0.2, 0.25) is 0 Å². The van der Waals surface area contributed by atoms with Crippen molar-refractivity contribution in [3.05, 3.63) is 59.9 Å². The first-order valence-corrected chi connectivity index (χ1v) is 15.3. The van der Waals surface area contributed by atoms with E-state index >= 15 is 0 Å². The van der Waals surface area contributed by atoms with Crippen LogP contribution in [0.1, 0.15) is 55.7 Å². The van der Waals surface area contributed by atoms with E-state index in [4.69, 9.17) is 14.2 Å². The summed E-state index contributed by atoms with van der Waals surface area (Å²) in [5.74, 6) is -0.120. The number of esters is 1. The maximum absolute atomic E-state index is 13.6. The minimum atomic E-state index is -3.89. The fraction of sp³-hybridized carbons (Fsp3) is 0.444. The Kier molecular flexibility index (Phi) is 6.79. The van der Waals surface area contributed by atoms with Crippen molar-refractivity contribution in [1.82, 2.24) is 8.96 Å². The number of thioether (sulfide) groups is 1. The number of hydrogen-bond donors (Lipinski definition) is 0. The summed E-state index contributed by atoms with van der Waals surface area (Å²) in [6.45, 7) is 3.30. The number of carbonyl (C=O) groups excluding carboxylic acids is 1. The van der Waals surface area contributed by atoms with Crippen LogP contribution in [0.5, 0.6) is 0 Å². The molecular weight excluding hydrogens is 526 g/mol. The molecular formula is C27H29N3O6S2. The van der Waals surface area contributed by atoms with E-state index in [1.54, 1.807) is 49.6 Å². The minimum absolute atomic E-state index is 0.181. The third-order valence-corrected chi connectivity index (χ3v) is 10.1. The highest BCUT2D eigenvalue weighted by molar-refractivity contribution is 8.16. The molecule has 11 heteroatoms. The largest absolute Gasteiger partial charge is 0.461 e. The van der Waals surface area contributed by atoms with Crippen LogP contribution < -0.4 is 0 Å². The number of hydrogen-bond acceptors (Lipinski definition) is 9. The van der Waals surface area contributed by atoms with Crippen molar-refractivity contribution < 1.29 is 27.4 Å². The zero-order chi connectivity index (χ0) is 26.3. The maximum Gasteiger partial charge on any atom is 0.363 e. The van der Waals surface area contributed by atoms with Gasteiger partial charge in [-0.05, 0) is 49.4 Å². The van der Waals surface area contributed by atoms with Crippen LogP contribution in [0, 0.1) is 0 Å². The van der Waals surface area contributed by atoms with Crippen molar-refractivity contribution in [1.29, 1.82) is 0 Å². The third-order valence-electron chi connectivity index (χ3n) is 7.46. The van der Waals surface area contributed by atoms with Gasteiger partial charge in [0.05, 0.1) is 30.8 Å². The van der Waals surface area contributed by atoms with Crippen molar-refractivity contribution in [2.75, 3.05) is 25.6 Å². The van der Waals surface area contributed by atoms with Gasteiger partial charge in [-0.3, -0.25) is 4.99 Å². The monoisotopic (exact) mass is 555 g/mol. The Morgan fingerprint density at radius 1 is 1.18 bits per heavy atom. The highest BCUT2D eigenvalue weighted by Crippen LogP contribution is 2.44. The molecule has 6 rings (SSSR count). The number of aliphatic imine (C=N–C) groups is 1.